The van der Waals surface area contributed by atoms with Crippen LogP contribution in [0.2, 0.25) is 0 Å². The smallest absolute Gasteiger partial charge is 0.123 e. The van der Waals surface area contributed by atoms with Crippen molar-refractivity contribution in [1.82, 2.24) is 0 Å². The van der Waals surface area contributed by atoms with Crippen molar-refractivity contribution in [2.75, 3.05) is 6.66 Å². The van der Waals surface area contributed by atoms with E-state index >= 15 is 0 Å². The molecule has 0 bridgehead atoms. The van der Waals surface area contributed by atoms with Gasteiger partial charge >= 0.3 is 0 Å². The van der Waals surface area contributed by atoms with Crippen LogP contribution >= 0.6 is 7.26 Å². The van der Waals surface area contributed by atoms with Gasteiger partial charge in [0, 0.05) is 0 Å². The summed E-state index contributed by atoms with van der Waals surface area (Å²) in [6.07, 6.45) is 0. The van der Waals surface area contributed by atoms with E-state index in [-0.39, 0.29) is 17.5 Å². The van der Waals surface area contributed by atoms with Gasteiger partial charge < -0.3 is 0 Å². The Bertz CT molecular complexity index is 683. The van der Waals surface area contributed by atoms with Crippen LogP contribution in [0.25, 0.3) is 0 Å². The lowest BCUT2D eigenvalue weighted by atomic mass is 10.3. The van der Waals surface area contributed by atoms with Crippen molar-refractivity contribution in [3.63, 3.8) is 0 Å². The van der Waals surface area contributed by atoms with Gasteiger partial charge in [0.15, 0.2) is 0 Å². The van der Waals surface area contributed by atoms with Crippen LogP contribution in [0.4, 0.5) is 13.2 Å². The molecule has 0 aliphatic heterocycles. The van der Waals surface area contributed by atoms with Crippen molar-refractivity contribution in [3.05, 3.63) is 90.2 Å². The number of halogens is 3. The van der Waals surface area contributed by atoms with Crippen molar-refractivity contribution in [3.8, 4) is 0 Å². The van der Waals surface area contributed by atoms with Gasteiger partial charge in [0.05, 0.1) is 6.66 Å². The zero-order valence-electron chi connectivity index (χ0n) is 12.5. The molecule has 0 aliphatic carbocycles. The monoisotopic (exact) mass is 331 g/mol. The van der Waals surface area contributed by atoms with Gasteiger partial charge in [0.2, 0.25) is 0 Å². The first-order chi connectivity index (χ1) is 11.0. The van der Waals surface area contributed by atoms with Gasteiger partial charge in [-0.25, -0.2) is 13.2 Å². The highest BCUT2D eigenvalue weighted by Gasteiger charge is 2.40. The third-order valence-corrected chi connectivity index (χ3v) is 8.02. The number of hydrogen-bond donors (Lipinski definition) is 0. The maximum atomic E-state index is 13.3. The van der Waals surface area contributed by atoms with Gasteiger partial charge in [0.1, 0.15) is 40.6 Å². The second-order valence-electron chi connectivity index (χ2n) is 5.44. The van der Waals surface area contributed by atoms with Gasteiger partial charge in [-0.1, -0.05) is 0 Å². The number of benzene rings is 3. The minimum absolute atomic E-state index is 0.307. The Labute approximate surface area is 133 Å². The largest absolute Gasteiger partial charge is 0.207 e. The molecule has 0 nitrogen and oxygen atoms in total. The van der Waals surface area contributed by atoms with E-state index in [2.05, 4.69) is 6.66 Å². The van der Waals surface area contributed by atoms with Gasteiger partial charge in [-0.15, -0.1) is 0 Å². The lowest BCUT2D eigenvalue weighted by Gasteiger charge is -2.23. The van der Waals surface area contributed by atoms with Crippen LogP contribution in [0.5, 0.6) is 0 Å². The summed E-state index contributed by atoms with van der Waals surface area (Å²) in [5, 5.41) is 2.87. The first kappa shape index (κ1) is 15.8. The summed E-state index contributed by atoms with van der Waals surface area (Å²) in [6, 6.07) is 19.0. The standard InChI is InChI=1S/C19H15F3P/c1-23(17-8-2-14(20)3-9-17,18-10-4-15(21)5-11-18)19-12-6-16(22)7-13-19/h2-13H,1H3/q+1. The average Bonchev–Trinajstić information content (AvgIpc) is 2.56. The molecule has 0 heterocycles. The summed E-state index contributed by atoms with van der Waals surface area (Å²) < 4.78 is 39.9. The molecule has 0 saturated carbocycles. The number of rotatable bonds is 3. The third kappa shape index (κ3) is 3.02. The molecule has 3 aromatic rings. The summed E-state index contributed by atoms with van der Waals surface area (Å²) in [5.74, 6) is -0.921. The molecule has 0 unspecified atom stereocenters. The van der Waals surface area contributed by atoms with Crippen LogP contribution in [-0.2, 0) is 0 Å². The molecule has 4 heteroatoms. The van der Waals surface area contributed by atoms with E-state index in [4.69, 9.17) is 0 Å². The van der Waals surface area contributed by atoms with E-state index in [9.17, 15) is 13.2 Å². The Balaban J connectivity index is 2.21. The fourth-order valence-corrected chi connectivity index (χ4v) is 5.80. The molecule has 0 fully saturated rings. The Morgan fingerprint density at radius 2 is 0.696 bits per heavy atom. The van der Waals surface area contributed by atoms with Crippen molar-refractivity contribution in [2.24, 2.45) is 0 Å². The molecule has 0 aromatic heterocycles. The molecule has 0 spiro atoms. The van der Waals surface area contributed by atoms with Crippen LogP contribution in [0.3, 0.4) is 0 Å². The third-order valence-electron chi connectivity index (χ3n) is 4.03. The Hall–Kier alpha value is -2.12. The highest BCUT2D eigenvalue weighted by molar-refractivity contribution is 7.95. The molecule has 3 aromatic carbocycles. The van der Waals surface area contributed by atoms with Crippen molar-refractivity contribution < 1.29 is 13.2 Å². The zero-order valence-corrected chi connectivity index (χ0v) is 13.4. The molecular weight excluding hydrogens is 316 g/mol. The maximum absolute atomic E-state index is 13.3. The van der Waals surface area contributed by atoms with Crippen LogP contribution in [0.15, 0.2) is 72.8 Å². The Kier molecular flexibility index (Phi) is 4.23. The molecular formula is C19H15F3P+. The van der Waals surface area contributed by atoms with Gasteiger partial charge in [-0.05, 0) is 72.8 Å². The fraction of sp³-hybridized carbons (Fsp3) is 0.0526. The van der Waals surface area contributed by atoms with E-state index in [1.165, 1.54) is 36.4 Å². The lowest BCUT2D eigenvalue weighted by molar-refractivity contribution is 0.628. The fourth-order valence-electron chi connectivity index (χ4n) is 2.66. The van der Waals surface area contributed by atoms with E-state index < -0.39 is 7.26 Å². The predicted molar refractivity (Wildman–Crippen MR) is 90.9 cm³/mol. The summed E-state index contributed by atoms with van der Waals surface area (Å²) in [5.41, 5.74) is 0. The summed E-state index contributed by atoms with van der Waals surface area (Å²) in [7, 11) is -2.09. The second-order valence-corrected chi connectivity index (χ2v) is 9.00. The van der Waals surface area contributed by atoms with Gasteiger partial charge in [0.25, 0.3) is 0 Å². The molecule has 3 rings (SSSR count). The van der Waals surface area contributed by atoms with Crippen LogP contribution < -0.4 is 15.9 Å². The topological polar surface area (TPSA) is 0 Å². The quantitative estimate of drug-likeness (QED) is 0.636. The lowest BCUT2D eigenvalue weighted by Crippen LogP contribution is -2.30. The van der Waals surface area contributed by atoms with E-state index in [0.717, 1.165) is 15.9 Å². The zero-order chi connectivity index (χ0) is 16.4. The van der Waals surface area contributed by atoms with Gasteiger partial charge in [-0.3, -0.25) is 0 Å². The van der Waals surface area contributed by atoms with Gasteiger partial charge in [-0.2, -0.15) is 0 Å². The molecule has 23 heavy (non-hydrogen) atoms. The minimum atomic E-state index is -2.09. The van der Waals surface area contributed by atoms with E-state index in [1.807, 2.05) is 0 Å². The summed E-state index contributed by atoms with van der Waals surface area (Å²) >= 11 is 0. The van der Waals surface area contributed by atoms with Crippen molar-refractivity contribution in [2.45, 2.75) is 0 Å². The van der Waals surface area contributed by atoms with Crippen molar-refractivity contribution >= 4 is 23.2 Å². The van der Waals surface area contributed by atoms with Crippen LogP contribution in [0, 0.1) is 17.5 Å². The maximum Gasteiger partial charge on any atom is 0.123 e. The highest BCUT2D eigenvalue weighted by Crippen LogP contribution is 2.51. The summed E-state index contributed by atoms with van der Waals surface area (Å²) in [4.78, 5) is 0. The molecule has 0 N–H and O–H groups in total. The Morgan fingerprint density at radius 3 is 0.913 bits per heavy atom. The minimum Gasteiger partial charge on any atom is -0.207 e. The number of hydrogen-bond acceptors (Lipinski definition) is 0. The highest BCUT2D eigenvalue weighted by atomic mass is 31.2. The van der Waals surface area contributed by atoms with Crippen LogP contribution in [-0.4, -0.2) is 6.66 Å². The first-order valence-electron chi connectivity index (χ1n) is 7.15. The molecule has 0 radical (unpaired) electrons. The van der Waals surface area contributed by atoms with E-state index in [0.29, 0.717) is 0 Å². The average molecular weight is 331 g/mol. The van der Waals surface area contributed by atoms with Crippen LogP contribution in [0.1, 0.15) is 0 Å². The summed E-state index contributed by atoms with van der Waals surface area (Å²) in [6.45, 7) is 2.07. The van der Waals surface area contributed by atoms with Crippen molar-refractivity contribution in [1.29, 1.82) is 0 Å². The molecule has 0 amide bonds. The molecule has 0 atom stereocenters. The SMILES string of the molecule is C[P+](c1ccc(F)cc1)(c1ccc(F)cc1)c1ccc(F)cc1. The molecule has 0 aliphatic rings. The molecule has 116 valence electrons. The molecule has 0 saturated heterocycles. The first-order valence-corrected chi connectivity index (χ1v) is 9.39. The second kappa shape index (κ2) is 6.17. The predicted octanol–water partition coefficient (Wildman–Crippen LogP) is 4.03. The van der Waals surface area contributed by atoms with E-state index in [1.54, 1.807) is 36.4 Å². The normalized spacial score (nSPS) is 11.5. The Morgan fingerprint density at radius 1 is 0.478 bits per heavy atom.